The second kappa shape index (κ2) is 6.71. The second-order valence-electron chi connectivity index (χ2n) is 6.06. The molecule has 0 radical (unpaired) electrons. The van der Waals surface area contributed by atoms with Crippen LogP contribution in [0.3, 0.4) is 0 Å². The molecule has 0 unspecified atom stereocenters. The predicted molar refractivity (Wildman–Crippen MR) is 80.9 cm³/mol. The maximum Gasteiger partial charge on any atom is 0.0771 e. The van der Waals surface area contributed by atoms with Crippen LogP contribution in [0.25, 0.3) is 0 Å². The van der Waals surface area contributed by atoms with Gasteiger partial charge in [0.25, 0.3) is 0 Å². The van der Waals surface area contributed by atoms with Crippen LogP contribution in [0.5, 0.6) is 0 Å². The van der Waals surface area contributed by atoms with Gasteiger partial charge in [0, 0.05) is 11.5 Å². The van der Waals surface area contributed by atoms with Crippen LogP contribution in [0.1, 0.15) is 52.9 Å². The van der Waals surface area contributed by atoms with Gasteiger partial charge < -0.3 is 9.47 Å². The summed E-state index contributed by atoms with van der Waals surface area (Å²) < 4.78 is 12.8. The summed E-state index contributed by atoms with van der Waals surface area (Å²) in [6, 6.07) is 0. The molecule has 0 bridgehead atoms. The number of methoxy groups -OCH3 is 1. The Bertz CT molecular complexity index is 220. The fourth-order valence-corrected chi connectivity index (χ4v) is 3.20. The Morgan fingerprint density at radius 3 is 2.35 bits per heavy atom. The number of alkyl halides is 1. The van der Waals surface area contributed by atoms with Crippen molar-refractivity contribution >= 4 is 22.6 Å². The Kier molecular flexibility index (Phi) is 6.20. The Balaban J connectivity index is 2.37. The zero-order valence-electron chi connectivity index (χ0n) is 11.7. The van der Waals surface area contributed by atoms with E-state index in [2.05, 4.69) is 43.4 Å². The molecule has 0 N–H and O–H groups in total. The maximum absolute atomic E-state index is 6.22. The first-order valence-electron chi connectivity index (χ1n) is 6.68. The molecule has 1 aliphatic rings. The van der Waals surface area contributed by atoms with E-state index in [1.165, 1.54) is 25.7 Å². The van der Waals surface area contributed by atoms with Crippen molar-refractivity contribution in [3.63, 3.8) is 0 Å². The van der Waals surface area contributed by atoms with Gasteiger partial charge in [0.2, 0.25) is 0 Å². The van der Waals surface area contributed by atoms with Gasteiger partial charge in [0.05, 0.1) is 17.8 Å². The zero-order chi connectivity index (χ0) is 12.9. The molecule has 102 valence electrons. The first kappa shape index (κ1) is 15.7. The number of ether oxygens (including phenoxy) is 2. The summed E-state index contributed by atoms with van der Waals surface area (Å²) in [5, 5.41) is 0. The van der Waals surface area contributed by atoms with Crippen LogP contribution < -0.4 is 0 Å². The highest BCUT2D eigenvalue weighted by Crippen LogP contribution is 2.36. The Morgan fingerprint density at radius 1 is 1.29 bits per heavy atom. The summed E-state index contributed by atoms with van der Waals surface area (Å²) in [5.41, 5.74) is 0.0886. The molecule has 17 heavy (non-hydrogen) atoms. The SMILES string of the molecule is COC(C)(C)CCOC1(CI)CCC(C)CC1. The van der Waals surface area contributed by atoms with Crippen molar-refractivity contribution in [2.45, 2.75) is 64.1 Å². The number of rotatable bonds is 6. The molecule has 1 rings (SSSR count). The van der Waals surface area contributed by atoms with Gasteiger partial charge in [-0.3, -0.25) is 0 Å². The molecule has 0 atom stereocenters. The summed E-state index contributed by atoms with van der Waals surface area (Å²) in [4.78, 5) is 0. The molecule has 0 aromatic heterocycles. The maximum atomic E-state index is 6.22. The Morgan fingerprint density at radius 2 is 1.88 bits per heavy atom. The van der Waals surface area contributed by atoms with Crippen LogP contribution >= 0.6 is 22.6 Å². The lowest BCUT2D eigenvalue weighted by atomic mass is 9.80. The minimum absolute atomic E-state index is 0.0611. The quantitative estimate of drug-likeness (QED) is 0.526. The van der Waals surface area contributed by atoms with E-state index in [1.54, 1.807) is 7.11 Å². The molecule has 3 heteroatoms. The second-order valence-corrected chi connectivity index (χ2v) is 6.82. The molecule has 0 aromatic rings. The summed E-state index contributed by atoms with van der Waals surface area (Å²) in [7, 11) is 1.77. The van der Waals surface area contributed by atoms with Crippen molar-refractivity contribution in [2.24, 2.45) is 5.92 Å². The lowest BCUT2D eigenvalue weighted by Gasteiger charge is -2.39. The molecule has 0 heterocycles. The monoisotopic (exact) mass is 354 g/mol. The molecule has 0 aliphatic heterocycles. The van der Waals surface area contributed by atoms with Crippen LogP contribution in [0.2, 0.25) is 0 Å². The smallest absolute Gasteiger partial charge is 0.0771 e. The van der Waals surface area contributed by atoms with Crippen molar-refractivity contribution in [1.82, 2.24) is 0 Å². The summed E-state index contributed by atoms with van der Waals surface area (Å²) in [6.07, 6.45) is 6.06. The average molecular weight is 354 g/mol. The van der Waals surface area contributed by atoms with Gasteiger partial charge in [-0.2, -0.15) is 0 Å². The molecule has 1 saturated carbocycles. The minimum Gasteiger partial charge on any atom is -0.379 e. The fourth-order valence-electron chi connectivity index (χ4n) is 2.22. The first-order chi connectivity index (χ1) is 7.93. The minimum atomic E-state index is -0.0611. The summed E-state index contributed by atoms with van der Waals surface area (Å²) >= 11 is 2.48. The van der Waals surface area contributed by atoms with Crippen LogP contribution in [0.4, 0.5) is 0 Å². The third-order valence-corrected chi connectivity index (χ3v) is 5.48. The summed E-state index contributed by atoms with van der Waals surface area (Å²) in [5.74, 6) is 0.880. The van der Waals surface area contributed by atoms with Crippen LogP contribution in [0.15, 0.2) is 0 Å². The Labute approximate surface area is 120 Å². The van der Waals surface area contributed by atoms with E-state index in [0.717, 1.165) is 23.4 Å². The van der Waals surface area contributed by atoms with Crippen LogP contribution in [0, 0.1) is 5.92 Å². The highest BCUT2D eigenvalue weighted by Gasteiger charge is 2.34. The molecular formula is C14H27IO2. The highest BCUT2D eigenvalue weighted by atomic mass is 127. The van der Waals surface area contributed by atoms with Crippen molar-refractivity contribution in [2.75, 3.05) is 18.1 Å². The third kappa shape index (κ3) is 5.03. The molecular weight excluding hydrogens is 327 g/mol. The zero-order valence-corrected chi connectivity index (χ0v) is 13.9. The normalized spacial score (nSPS) is 30.5. The van der Waals surface area contributed by atoms with E-state index in [0.29, 0.717) is 0 Å². The third-order valence-electron chi connectivity index (χ3n) is 4.09. The van der Waals surface area contributed by atoms with Crippen molar-refractivity contribution in [3.8, 4) is 0 Å². The van der Waals surface area contributed by atoms with E-state index in [4.69, 9.17) is 9.47 Å². The predicted octanol–water partition coefficient (Wildman–Crippen LogP) is 4.20. The lowest BCUT2D eigenvalue weighted by molar-refractivity contribution is -0.0823. The molecule has 0 aromatic carbocycles. The van der Waals surface area contributed by atoms with Gasteiger partial charge in [-0.15, -0.1) is 0 Å². The molecule has 0 spiro atoms. The Hall–Kier alpha value is 0.650. The molecule has 1 aliphatic carbocycles. The van der Waals surface area contributed by atoms with Crippen molar-refractivity contribution < 1.29 is 9.47 Å². The molecule has 1 fully saturated rings. The first-order valence-corrected chi connectivity index (χ1v) is 8.21. The van der Waals surface area contributed by atoms with Gasteiger partial charge in [-0.05, 0) is 51.9 Å². The van der Waals surface area contributed by atoms with Crippen LogP contribution in [-0.2, 0) is 9.47 Å². The van der Waals surface area contributed by atoms with E-state index < -0.39 is 0 Å². The number of halogens is 1. The standard InChI is InChI=1S/C14H27IO2/c1-12-5-7-14(11-15,8-6-12)17-10-9-13(2,3)16-4/h12H,5-11H2,1-4H3. The molecule has 2 nitrogen and oxygen atoms in total. The van der Waals surface area contributed by atoms with Gasteiger partial charge in [0.15, 0.2) is 0 Å². The van der Waals surface area contributed by atoms with E-state index in [-0.39, 0.29) is 11.2 Å². The van der Waals surface area contributed by atoms with Gasteiger partial charge in [0.1, 0.15) is 0 Å². The van der Waals surface area contributed by atoms with Gasteiger partial charge >= 0.3 is 0 Å². The van der Waals surface area contributed by atoms with E-state index in [1.807, 2.05) is 0 Å². The fraction of sp³-hybridized carbons (Fsp3) is 1.00. The molecule has 0 amide bonds. The van der Waals surface area contributed by atoms with E-state index in [9.17, 15) is 0 Å². The van der Waals surface area contributed by atoms with Crippen molar-refractivity contribution in [1.29, 1.82) is 0 Å². The summed E-state index contributed by atoms with van der Waals surface area (Å²) in [6.45, 7) is 7.41. The van der Waals surface area contributed by atoms with Gasteiger partial charge in [-0.25, -0.2) is 0 Å². The van der Waals surface area contributed by atoms with E-state index >= 15 is 0 Å². The average Bonchev–Trinajstić information content (AvgIpc) is 2.32. The van der Waals surface area contributed by atoms with Crippen molar-refractivity contribution in [3.05, 3.63) is 0 Å². The number of hydrogen-bond donors (Lipinski definition) is 0. The topological polar surface area (TPSA) is 18.5 Å². The van der Waals surface area contributed by atoms with Gasteiger partial charge in [-0.1, -0.05) is 29.5 Å². The highest BCUT2D eigenvalue weighted by molar-refractivity contribution is 14.1. The van der Waals surface area contributed by atoms with Crippen LogP contribution in [-0.4, -0.2) is 29.3 Å². The largest absolute Gasteiger partial charge is 0.379 e. The lowest BCUT2D eigenvalue weighted by Crippen LogP contribution is -2.40. The molecule has 0 saturated heterocycles. The number of hydrogen-bond acceptors (Lipinski definition) is 2.